The molecule has 24 heavy (non-hydrogen) atoms. The van der Waals surface area contributed by atoms with Crippen LogP contribution in [0, 0.1) is 5.82 Å². The van der Waals surface area contributed by atoms with Crippen LogP contribution < -0.4 is 10.4 Å². The van der Waals surface area contributed by atoms with E-state index in [9.17, 15) is 0 Å². The molecule has 2 rings (SSSR count). The average molecular weight is 337 g/mol. The lowest BCUT2D eigenvalue weighted by atomic mass is 9.78. The Balaban J connectivity index is 2.35. The molecule has 6 heteroatoms. The van der Waals surface area contributed by atoms with Crippen LogP contribution >= 0.6 is 0 Å². The Morgan fingerprint density at radius 1 is 1.17 bits per heavy atom. The second-order valence-electron chi connectivity index (χ2n) is 7.55. The molecular weight excluding hydrogens is 308 g/mol. The highest BCUT2D eigenvalue weighted by molar-refractivity contribution is 6.62. The number of rotatable bonds is 6. The van der Waals surface area contributed by atoms with E-state index in [1.807, 2.05) is 52.5 Å². The molecule has 1 aromatic rings. The van der Waals surface area contributed by atoms with Gasteiger partial charge < -0.3 is 18.9 Å². The van der Waals surface area contributed by atoms with Gasteiger partial charge in [-0.05, 0) is 47.6 Å². The van der Waals surface area contributed by atoms with E-state index >= 15 is 4.39 Å². The van der Waals surface area contributed by atoms with Crippen molar-refractivity contribution in [1.29, 1.82) is 0 Å². The molecule has 134 valence electrons. The first kappa shape index (κ1) is 19.2. The monoisotopic (exact) mass is 337 g/mol. The Kier molecular flexibility index (Phi) is 5.62. The molecule has 0 atom stereocenters. The zero-order chi connectivity index (χ0) is 18.1. The summed E-state index contributed by atoms with van der Waals surface area (Å²) in [4.78, 5) is 1.99. The van der Waals surface area contributed by atoms with Gasteiger partial charge in [-0.25, -0.2) is 4.39 Å². The van der Waals surface area contributed by atoms with Crippen LogP contribution in [0.15, 0.2) is 18.2 Å². The Morgan fingerprint density at radius 2 is 1.75 bits per heavy atom. The number of methoxy groups -OCH3 is 1. The number of nitrogens with zero attached hydrogens (tertiary/aromatic N) is 1. The van der Waals surface area contributed by atoms with Crippen LogP contribution in [0.3, 0.4) is 0 Å². The molecule has 1 fully saturated rings. The number of benzene rings is 1. The van der Waals surface area contributed by atoms with Crippen LogP contribution in [-0.4, -0.2) is 44.6 Å². The number of anilines is 1. The zero-order valence-electron chi connectivity index (χ0n) is 15.9. The van der Waals surface area contributed by atoms with Crippen LogP contribution in [-0.2, 0) is 14.0 Å². The van der Waals surface area contributed by atoms with E-state index in [2.05, 4.69) is 0 Å². The summed E-state index contributed by atoms with van der Waals surface area (Å²) in [6.45, 7) is 13.1. The van der Waals surface area contributed by atoms with Crippen LogP contribution in [0.5, 0.6) is 0 Å². The van der Waals surface area contributed by atoms with Gasteiger partial charge in [-0.2, -0.15) is 0 Å². The summed E-state index contributed by atoms with van der Waals surface area (Å²) >= 11 is 0. The van der Waals surface area contributed by atoms with Crippen molar-refractivity contribution >= 4 is 18.3 Å². The molecule has 0 radical (unpaired) electrons. The van der Waals surface area contributed by atoms with Crippen molar-refractivity contribution in [2.45, 2.75) is 58.8 Å². The quantitative estimate of drug-likeness (QED) is 0.747. The fourth-order valence-electron chi connectivity index (χ4n) is 2.76. The minimum absolute atomic E-state index is 0.156. The van der Waals surface area contributed by atoms with Crippen LogP contribution in [0.25, 0.3) is 0 Å². The lowest BCUT2D eigenvalue weighted by Crippen LogP contribution is -2.41. The van der Waals surface area contributed by atoms with E-state index in [0.717, 1.165) is 0 Å². The molecule has 0 bridgehead atoms. The first-order chi connectivity index (χ1) is 11.1. The van der Waals surface area contributed by atoms with Crippen molar-refractivity contribution in [3.8, 4) is 0 Å². The second kappa shape index (κ2) is 7.02. The molecule has 1 heterocycles. The number of ether oxygens (including phenoxy) is 1. The summed E-state index contributed by atoms with van der Waals surface area (Å²) in [6.07, 6.45) is 0. The van der Waals surface area contributed by atoms with Gasteiger partial charge in [-0.1, -0.05) is 12.1 Å². The second-order valence-corrected chi connectivity index (χ2v) is 7.55. The molecule has 0 spiro atoms. The summed E-state index contributed by atoms with van der Waals surface area (Å²) in [5, 5.41) is 0. The Hall–Kier alpha value is -1.11. The van der Waals surface area contributed by atoms with Gasteiger partial charge in [0.2, 0.25) is 0 Å². The fourth-order valence-corrected chi connectivity index (χ4v) is 2.76. The third-order valence-corrected chi connectivity index (χ3v) is 4.98. The van der Waals surface area contributed by atoms with E-state index in [0.29, 0.717) is 24.3 Å². The number of halogens is 1. The lowest BCUT2D eigenvalue weighted by molar-refractivity contribution is 0.00578. The van der Waals surface area contributed by atoms with Crippen molar-refractivity contribution in [3.63, 3.8) is 0 Å². The molecule has 0 amide bonds. The molecular formula is C18H29BFNO3. The summed E-state index contributed by atoms with van der Waals surface area (Å²) in [7, 11) is 0.946. The third-order valence-electron chi connectivity index (χ3n) is 4.98. The highest BCUT2D eigenvalue weighted by Crippen LogP contribution is 2.37. The molecule has 1 aliphatic rings. The maximum atomic E-state index is 15.2. The van der Waals surface area contributed by atoms with Gasteiger partial charge in [-0.15, -0.1) is 0 Å². The zero-order valence-corrected chi connectivity index (χ0v) is 15.9. The molecule has 0 aromatic heterocycles. The average Bonchev–Trinajstić information content (AvgIpc) is 2.69. The van der Waals surface area contributed by atoms with Crippen LogP contribution in [0.1, 0.15) is 41.5 Å². The Bertz CT molecular complexity index is 561. The first-order valence-electron chi connectivity index (χ1n) is 8.50. The molecule has 0 unspecified atom stereocenters. The van der Waals surface area contributed by atoms with Crippen molar-refractivity contribution in [1.82, 2.24) is 0 Å². The lowest BCUT2D eigenvalue weighted by Gasteiger charge is -2.32. The number of hydrogen-bond acceptors (Lipinski definition) is 4. The maximum Gasteiger partial charge on any atom is 0.497 e. The SMILES string of the molecule is COCCN(c1cccc(B2OC(C)(C)C(C)(C)O2)c1F)C(C)C. The normalized spacial score (nSPS) is 19.1. The Labute approximate surface area is 145 Å². The fraction of sp³-hybridized carbons (Fsp3) is 0.667. The third kappa shape index (κ3) is 3.61. The molecule has 0 aliphatic carbocycles. The van der Waals surface area contributed by atoms with Crippen molar-refractivity contribution in [2.24, 2.45) is 0 Å². The van der Waals surface area contributed by atoms with Gasteiger partial charge in [0.25, 0.3) is 0 Å². The molecule has 4 nitrogen and oxygen atoms in total. The molecule has 0 saturated carbocycles. The van der Waals surface area contributed by atoms with E-state index in [4.69, 9.17) is 14.0 Å². The largest absolute Gasteiger partial charge is 0.497 e. The summed E-state index contributed by atoms with van der Waals surface area (Å²) < 4.78 is 32.4. The van der Waals surface area contributed by atoms with Gasteiger partial charge in [0.15, 0.2) is 0 Å². The predicted molar refractivity (Wildman–Crippen MR) is 96.5 cm³/mol. The minimum Gasteiger partial charge on any atom is -0.399 e. The first-order valence-corrected chi connectivity index (χ1v) is 8.50. The maximum absolute atomic E-state index is 15.2. The van der Waals surface area contributed by atoms with Gasteiger partial charge in [-0.3, -0.25) is 0 Å². The number of hydrogen-bond donors (Lipinski definition) is 0. The smallest absolute Gasteiger partial charge is 0.399 e. The predicted octanol–water partition coefficient (Wildman–Crippen LogP) is 2.99. The van der Waals surface area contributed by atoms with Crippen molar-refractivity contribution in [3.05, 3.63) is 24.0 Å². The van der Waals surface area contributed by atoms with Crippen LogP contribution in [0.4, 0.5) is 10.1 Å². The topological polar surface area (TPSA) is 30.9 Å². The van der Waals surface area contributed by atoms with Crippen molar-refractivity contribution in [2.75, 3.05) is 25.2 Å². The van der Waals surface area contributed by atoms with E-state index < -0.39 is 18.3 Å². The van der Waals surface area contributed by atoms with E-state index in [1.54, 1.807) is 19.2 Å². The van der Waals surface area contributed by atoms with Crippen molar-refractivity contribution < 1.29 is 18.4 Å². The molecule has 1 aliphatic heterocycles. The molecule has 0 N–H and O–H groups in total. The standard InChI is InChI=1S/C18H29BFNO3/c1-13(2)21(11-12-22-7)15-10-8-9-14(16(15)20)19-23-17(3,4)18(5,6)24-19/h8-10,13H,11-12H2,1-7H3. The highest BCUT2D eigenvalue weighted by atomic mass is 19.1. The van der Waals surface area contributed by atoms with Crippen LogP contribution in [0.2, 0.25) is 0 Å². The Morgan fingerprint density at radius 3 is 2.25 bits per heavy atom. The van der Waals surface area contributed by atoms with Gasteiger partial charge >= 0.3 is 7.12 Å². The summed E-state index contributed by atoms with van der Waals surface area (Å²) in [5.41, 5.74) is 0.00500. The molecule has 1 saturated heterocycles. The van der Waals surface area contributed by atoms with Gasteiger partial charge in [0.1, 0.15) is 5.82 Å². The summed E-state index contributed by atoms with van der Waals surface area (Å²) in [5.74, 6) is -0.291. The van der Waals surface area contributed by atoms with Gasteiger partial charge in [0.05, 0.1) is 23.5 Å². The molecule has 1 aromatic carbocycles. The summed E-state index contributed by atoms with van der Waals surface area (Å²) in [6, 6.07) is 5.53. The highest BCUT2D eigenvalue weighted by Gasteiger charge is 2.52. The van der Waals surface area contributed by atoms with Gasteiger partial charge in [0, 0.05) is 25.2 Å². The van der Waals surface area contributed by atoms with E-state index in [1.165, 1.54) is 0 Å². The minimum atomic E-state index is -0.702. The van der Waals surface area contributed by atoms with E-state index in [-0.39, 0.29) is 11.9 Å².